The lowest BCUT2D eigenvalue weighted by molar-refractivity contribution is -0.206. The van der Waals surface area contributed by atoms with Crippen molar-refractivity contribution >= 4 is 52.6 Å². The molecule has 4 rings (SSSR count). The van der Waals surface area contributed by atoms with E-state index in [9.17, 15) is 37.5 Å². The lowest BCUT2D eigenvalue weighted by Gasteiger charge is -2.34. The highest BCUT2D eigenvalue weighted by molar-refractivity contribution is 6.32. The Balaban J connectivity index is 1.45. The molecule has 3 N–H and O–H groups in total. The zero-order chi connectivity index (χ0) is 34.0. The Hall–Kier alpha value is -3.59. The van der Waals surface area contributed by atoms with Gasteiger partial charge in [0.2, 0.25) is 5.60 Å². The molecule has 2 aromatic rings. The number of alkyl halides is 3. The maximum Gasteiger partial charge on any atom is 0.491 e. The van der Waals surface area contributed by atoms with Crippen LogP contribution in [0.1, 0.15) is 47.4 Å². The SMILES string of the molecule is CNC(=O)c1cc(Cl)c(OC(C)(C)C(=O)OC(=O)C(F)(F)F)cc1N1CC(O)C(NC2CCN(C(=O)c3ccc(Cl)cc3)CC2)C1. The number of aliphatic hydroxyl groups is 1. The normalized spacial score (nSPS) is 19.2. The van der Waals surface area contributed by atoms with Crippen LogP contribution in [0.5, 0.6) is 5.75 Å². The third-order valence-corrected chi connectivity index (χ3v) is 8.30. The molecular weight excluding hydrogens is 656 g/mol. The number of amides is 2. The van der Waals surface area contributed by atoms with E-state index in [0.29, 0.717) is 36.5 Å². The average molecular weight is 690 g/mol. The molecule has 0 radical (unpaired) electrons. The number of hydrogen-bond donors (Lipinski definition) is 3. The molecule has 2 aliphatic rings. The minimum absolute atomic E-state index is 0.00242. The van der Waals surface area contributed by atoms with E-state index in [-0.39, 0.29) is 47.1 Å². The first-order chi connectivity index (χ1) is 21.5. The summed E-state index contributed by atoms with van der Waals surface area (Å²) in [6.07, 6.45) is -4.95. The number of β-amino-alcohol motifs (C(OH)–C–C–N with tert-alkyl or cyclic N) is 1. The van der Waals surface area contributed by atoms with Crippen LogP contribution in [-0.4, -0.2) is 97.0 Å². The van der Waals surface area contributed by atoms with Crippen molar-refractivity contribution in [1.29, 1.82) is 0 Å². The summed E-state index contributed by atoms with van der Waals surface area (Å²) in [5.74, 6) is -5.08. The van der Waals surface area contributed by atoms with Gasteiger partial charge in [-0.3, -0.25) is 9.59 Å². The number of hydrogen-bond acceptors (Lipinski definition) is 9. The van der Waals surface area contributed by atoms with Crippen LogP contribution in [0.4, 0.5) is 18.9 Å². The largest absolute Gasteiger partial charge is 0.491 e. The van der Waals surface area contributed by atoms with Gasteiger partial charge in [0.15, 0.2) is 0 Å². The van der Waals surface area contributed by atoms with Crippen LogP contribution in [0.2, 0.25) is 10.0 Å². The average Bonchev–Trinajstić information content (AvgIpc) is 3.36. The number of nitrogens with zero attached hydrogens (tertiary/aromatic N) is 2. The van der Waals surface area contributed by atoms with Crippen LogP contribution < -0.4 is 20.3 Å². The van der Waals surface area contributed by atoms with Gasteiger partial charge in [0.25, 0.3) is 11.8 Å². The topological polar surface area (TPSA) is 138 Å². The van der Waals surface area contributed by atoms with E-state index < -0.39 is 41.8 Å². The third-order valence-electron chi connectivity index (χ3n) is 7.75. The van der Waals surface area contributed by atoms with Crippen LogP contribution in [0, 0.1) is 0 Å². The van der Waals surface area contributed by atoms with Crippen molar-refractivity contribution in [3.63, 3.8) is 0 Å². The molecule has 2 fully saturated rings. The van der Waals surface area contributed by atoms with E-state index in [2.05, 4.69) is 15.4 Å². The minimum atomic E-state index is -5.39. The molecule has 2 aromatic carbocycles. The summed E-state index contributed by atoms with van der Waals surface area (Å²) in [6, 6.07) is 8.88. The predicted molar refractivity (Wildman–Crippen MR) is 162 cm³/mol. The summed E-state index contributed by atoms with van der Waals surface area (Å²) in [6.45, 7) is 3.56. The lowest BCUT2D eigenvalue weighted by atomic mass is 10.0. The summed E-state index contributed by atoms with van der Waals surface area (Å²) >= 11 is 12.3. The quantitative estimate of drug-likeness (QED) is 0.281. The number of rotatable bonds is 8. The Morgan fingerprint density at radius 2 is 1.61 bits per heavy atom. The van der Waals surface area contributed by atoms with Crippen molar-refractivity contribution in [3.05, 3.63) is 57.6 Å². The maximum atomic E-state index is 12.9. The van der Waals surface area contributed by atoms with E-state index >= 15 is 0 Å². The van der Waals surface area contributed by atoms with Gasteiger partial charge in [0.05, 0.1) is 28.4 Å². The van der Waals surface area contributed by atoms with Crippen LogP contribution in [0.3, 0.4) is 0 Å². The van der Waals surface area contributed by atoms with Gasteiger partial charge in [0.1, 0.15) is 5.75 Å². The summed E-state index contributed by atoms with van der Waals surface area (Å²) in [4.78, 5) is 52.7. The fraction of sp³-hybridized carbons (Fsp3) is 0.467. The van der Waals surface area contributed by atoms with Gasteiger partial charge in [-0.05, 0) is 57.0 Å². The molecule has 0 aromatic heterocycles. The fourth-order valence-corrected chi connectivity index (χ4v) is 5.58. The van der Waals surface area contributed by atoms with Crippen LogP contribution >= 0.6 is 23.2 Å². The number of nitrogens with one attached hydrogen (secondary N) is 2. The molecular formula is C30H33Cl2F3N4O7. The van der Waals surface area contributed by atoms with Gasteiger partial charge >= 0.3 is 18.1 Å². The Bertz CT molecular complexity index is 1480. The number of esters is 2. The second-order valence-electron chi connectivity index (χ2n) is 11.5. The highest BCUT2D eigenvalue weighted by atomic mass is 35.5. The highest BCUT2D eigenvalue weighted by Gasteiger charge is 2.46. The lowest BCUT2D eigenvalue weighted by Crippen LogP contribution is -2.50. The first-order valence-corrected chi connectivity index (χ1v) is 15.1. The number of likely N-dealkylation sites (tertiary alicyclic amines) is 1. The van der Waals surface area contributed by atoms with Crippen molar-refractivity contribution in [1.82, 2.24) is 15.5 Å². The molecule has 2 unspecified atom stereocenters. The standard InChI is InChI=1S/C30H33Cl2F3N4O7/c1-29(2,27(43)45-28(44)30(33,34)35)46-24-13-22(19(12-20(24)32)25(41)36-3)39-14-21(23(40)15-39)37-18-8-10-38(11-9-18)26(42)16-4-6-17(31)7-5-16/h4-7,12-13,18,21,23,37,40H,8-11,14-15H2,1-3H3,(H,36,41). The Morgan fingerprint density at radius 3 is 2.20 bits per heavy atom. The summed E-state index contributed by atoms with van der Waals surface area (Å²) in [5.41, 5.74) is -1.14. The molecule has 2 atom stereocenters. The van der Waals surface area contributed by atoms with E-state index in [4.69, 9.17) is 27.9 Å². The van der Waals surface area contributed by atoms with Crippen molar-refractivity contribution < 1.29 is 46.9 Å². The predicted octanol–water partition coefficient (Wildman–Crippen LogP) is 3.59. The van der Waals surface area contributed by atoms with Crippen LogP contribution in [0.15, 0.2) is 36.4 Å². The number of carbonyl (C=O) groups excluding carboxylic acids is 4. The monoisotopic (exact) mass is 688 g/mol. The second-order valence-corrected chi connectivity index (χ2v) is 12.3. The van der Waals surface area contributed by atoms with Gasteiger partial charge in [0, 0.05) is 55.9 Å². The van der Waals surface area contributed by atoms with Gasteiger partial charge in [-0.2, -0.15) is 13.2 Å². The number of ether oxygens (including phenoxy) is 2. The number of benzene rings is 2. The second kappa shape index (κ2) is 14.0. The Kier molecular flexibility index (Phi) is 10.8. The van der Waals surface area contributed by atoms with Crippen molar-refractivity contribution in [3.8, 4) is 5.75 Å². The molecule has 2 amide bonds. The van der Waals surface area contributed by atoms with Crippen LogP contribution in [-0.2, 0) is 14.3 Å². The van der Waals surface area contributed by atoms with Crippen molar-refractivity contribution in [2.24, 2.45) is 0 Å². The molecule has 11 nitrogen and oxygen atoms in total. The van der Waals surface area contributed by atoms with E-state index in [1.807, 2.05) is 0 Å². The van der Waals surface area contributed by atoms with E-state index in [1.54, 1.807) is 34.1 Å². The highest BCUT2D eigenvalue weighted by Crippen LogP contribution is 2.37. The molecule has 0 aliphatic carbocycles. The van der Waals surface area contributed by atoms with Crippen molar-refractivity contribution in [2.45, 2.75) is 56.7 Å². The molecule has 0 spiro atoms. The molecule has 250 valence electrons. The molecule has 46 heavy (non-hydrogen) atoms. The van der Waals surface area contributed by atoms with E-state index in [1.165, 1.54) is 19.2 Å². The number of halogens is 5. The van der Waals surface area contributed by atoms with E-state index in [0.717, 1.165) is 13.8 Å². The third kappa shape index (κ3) is 8.21. The van der Waals surface area contributed by atoms with Gasteiger partial charge in [-0.15, -0.1) is 0 Å². The van der Waals surface area contributed by atoms with Gasteiger partial charge < -0.3 is 35.0 Å². The van der Waals surface area contributed by atoms with Gasteiger partial charge in [-0.25, -0.2) is 9.59 Å². The number of aliphatic hydroxyl groups excluding tert-OH is 1. The number of anilines is 1. The fourth-order valence-electron chi connectivity index (χ4n) is 5.25. The van der Waals surface area contributed by atoms with Gasteiger partial charge in [-0.1, -0.05) is 23.2 Å². The number of piperidine rings is 1. The zero-order valence-corrected chi connectivity index (χ0v) is 26.6. The van der Waals surface area contributed by atoms with Crippen LogP contribution in [0.25, 0.3) is 0 Å². The molecule has 2 heterocycles. The molecule has 16 heteroatoms. The molecule has 0 bridgehead atoms. The summed E-state index contributed by atoms with van der Waals surface area (Å²) in [5, 5.41) is 17.3. The Labute approximate surface area is 272 Å². The molecule has 2 aliphatic heterocycles. The first kappa shape index (κ1) is 35.3. The summed E-state index contributed by atoms with van der Waals surface area (Å²) < 4.78 is 47.4. The summed E-state index contributed by atoms with van der Waals surface area (Å²) in [7, 11) is 1.41. The maximum absolute atomic E-state index is 12.9. The first-order valence-electron chi connectivity index (χ1n) is 14.3. The molecule has 2 saturated heterocycles. The number of carbonyl (C=O) groups is 4. The Morgan fingerprint density at radius 1 is 0.978 bits per heavy atom. The zero-order valence-electron chi connectivity index (χ0n) is 25.1. The smallest absolute Gasteiger partial charge is 0.474 e. The minimum Gasteiger partial charge on any atom is -0.474 e. The van der Waals surface area contributed by atoms with Crippen molar-refractivity contribution in [2.75, 3.05) is 38.1 Å². The molecule has 0 saturated carbocycles.